The van der Waals surface area contributed by atoms with Gasteiger partial charge in [0.2, 0.25) is 15.9 Å². The number of carbonyl (C=O) groups excluding carboxylic acids is 1. The maximum absolute atomic E-state index is 11.5. The molecule has 1 amide bonds. The second kappa shape index (κ2) is 5.06. The van der Waals surface area contributed by atoms with Gasteiger partial charge in [-0.3, -0.25) is 4.79 Å². The molecule has 0 heterocycles. The minimum Gasteiger partial charge on any atom is -0.325 e. The summed E-state index contributed by atoms with van der Waals surface area (Å²) in [4.78, 5) is 11.1. The molecule has 0 atom stereocenters. The monoisotopic (exact) mass is 243 g/mol. The van der Waals surface area contributed by atoms with E-state index in [0.29, 0.717) is 5.69 Å². The highest BCUT2D eigenvalue weighted by atomic mass is 32.2. The van der Waals surface area contributed by atoms with E-state index >= 15 is 0 Å². The molecule has 0 saturated heterocycles. The van der Waals surface area contributed by atoms with Gasteiger partial charge in [0.25, 0.3) is 0 Å². The first kappa shape index (κ1) is 12.6. The van der Waals surface area contributed by atoms with Crippen LogP contribution < -0.4 is 15.8 Å². The molecule has 4 N–H and O–H groups in total. The summed E-state index contributed by atoms with van der Waals surface area (Å²) in [5.41, 5.74) is 5.52. The molecule has 0 bridgehead atoms. The third-order valence-corrected chi connectivity index (χ3v) is 3.29. The van der Waals surface area contributed by atoms with Crippen molar-refractivity contribution < 1.29 is 13.2 Å². The van der Waals surface area contributed by atoms with Gasteiger partial charge in [0, 0.05) is 5.69 Å². The van der Waals surface area contributed by atoms with Crippen LogP contribution >= 0.6 is 0 Å². The summed E-state index contributed by atoms with van der Waals surface area (Å²) in [5, 5.41) is 2.47. The van der Waals surface area contributed by atoms with Crippen LogP contribution in [0, 0.1) is 0 Å². The molecule has 0 aliphatic carbocycles. The lowest BCUT2D eigenvalue weighted by molar-refractivity contribution is -0.114. The Morgan fingerprint density at radius 3 is 2.69 bits per heavy atom. The average molecular weight is 243 g/mol. The van der Waals surface area contributed by atoms with Gasteiger partial charge >= 0.3 is 0 Å². The van der Waals surface area contributed by atoms with Crippen molar-refractivity contribution in [2.75, 3.05) is 18.9 Å². The van der Waals surface area contributed by atoms with Gasteiger partial charge in [0.05, 0.1) is 11.4 Å². The summed E-state index contributed by atoms with van der Waals surface area (Å²) in [5.74, 6) is -0.376. The number of nitrogens with one attached hydrogen (secondary N) is 2. The Hall–Kier alpha value is -1.44. The molecule has 0 aromatic heterocycles. The number of amides is 1. The van der Waals surface area contributed by atoms with E-state index in [4.69, 9.17) is 5.73 Å². The fraction of sp³-hybridized carbons (Fsp3) is 0.222. The van der Waals surface area contributed by atoms with Gasteiger partial charge in [-0.1, -0.05) is 6.07 Å². The number of carbonyl (C=O) groups is 1. The minimum absolute atomic E-state index is 0.0878. The average Bonchev–Trinajstić information content (AvgIpc) is 2.29. The smallest absolute Gasteiger partial charge is 0.240 e. The molecule has 1 rings (SSSR count). The van der Waals surface area contributed by atoms with Crippen molar-refractivity contribution in [2.45, 2.75) is 4.90 Å². The van der Waals surface area contributed by atoms with Crippen LogP contribution in [0.3, 0.4) is 0 Å². The van der Waals surface area contributed by atoms with E-state index in [-0.39, 0.29) is 17.3 Å². The first-order valence-electron chi connectivity index (χ1n) is 4.53. The SMILES string of the molecule is CNS(=O)(=O)c1cccc(NC(=O)CN)c1. The molecule has 1 aromatic rings. The molecule has 0 unspecified atom stereocenters. The quantitative estimate of drug-likeness (QED) is 0.663. The standard InChI is InChI=1S/C9H13N3O3S/c1-11-16(14,15)8-4-2-3-7(5-8)12-9(13)6-10/h2-5,11H,6,10H2,1H3,(H,12,13). The molecule has 0 aliphatic heterocycles. The summed E-state index contributed by atoms with van der Waals surface area (Å²) in [6.07, 6.45) is 0. The summed E-state index contributed by atoms with van der Waals surface area (Å²) in [6, 6.07) is 5.92. The predicted octanol–water partition coefficient (Wildman–Crippen LogP) is -0.508. The van der Waals surface area contributed by atoms with Crippen molar-refractivity contribution in [3.05, 3.63) is 24.3 Å². The highest BCUT2D eigenvalue weighted by Crippen LogP contribution is 2.14. The van der Waals surface area contributed by atoms with Crippen LogP contribution in [0.2, 0.25) is 0 Å². The van der Waals surface area contributed by atoms with Crippen LogP contribution in [0.1, 0.15) is 0 Å². The lowest BCUT2D eigenvalue weighted by atomic mass is 10.3. The van der Waals surface area contributed by atoms with Gasteiger partial charge in [-0.05, 0) is 25.2 Å². The Morgan fingerprint density at radius 2 is 2.12 bits per heavy atom. The minimum atomic E-state index is -3.50. The van der Waals surface area contributed by atoms with Crippen LogP contribution in [-0.2, 0) is 14.8 Å². The molecular formula is C9H13N3O3S. The Kier molecular flexibility index (Phi) is 3.99. The highest BCUT2D eigenvalue weighted by molar-refractivity contribution is 7.89. The number of sulfonamides is 1. The fourth-order valence-corrected chi connectivity index (χ4v) is 1.85. The van der Waals surface area contributed by atoms with Crippen molar-refractivity contribution in [1.29, 1.82) is 0 Å². The van der Waals surface area contributed by atoms with Gasteiger partial charge in [-0.25, -0.2) is 13.1 Å². The van der Waals surface area contributed by atoms with Crippen molar-refractivity contribution in [2.24, 2.45) is 5.73 Å². The van der Waals surface area contributed by atoms with E-state index in [1.54, 1.807) is 6.07 Å². The van der Waals surface area contributed by atoms with Gasteiger partial charge < -0.3 is 11.1 Å². The normalized spacial score (nSPS) is 11.1. The van der Waals surface area contributed by atoms with E-state index in [9.17, 15) is 13.2 Å². The van der Waals surface area contributed by atoms with E-state index in [0.717, 1.165) is 0 Å². The second-order valence-corrected chi connectivity index (χ2v) is 4.87. The maximum Gasteiger partial charge on any atom is 0.240 e. The molecular weight excluding hydrogens is 230 g/mol. The lowest BCUT2D eigenvalue weighted by Crippen LogP contribution is -2.22. The second-order valence-electron chi connectivity index (χ2n) is 2.99. The van der Waals surface area contributed by atoms with Crippen molar-refractivity contribution in [3.63, 3.8) is 0 Å². The molecule has 88 valence electrons. The lowest BCUT2D eigenvalue weighted by Gasteiger charge is -2.06. The Balaban J connectivity index is 3.00. The summed E-state index contributed by atoms with van der Waals surface area (Å²) >= 11 is 0. The van der Waals surface area contributed by atoms with E-state index in [1.165, 1.54) is 25.2 Å². The zero-order valence-electron chi connectivity index (χ0n) is 8.73. The summed E-state index contributed by atoms with van der Waals surface area (Å²) in [6.45, 7) is -0.150. The topological polar surface area (TPSA) is 101 Å². The van der Waals surface area contributed by atoms with Crippen LogP contribution in [-0.4, -0.2) is 27.9 Å². The molecule has 0 radical (unpaired) electrons. The third-order valence-electron chi connectivity index (χ3n) is 1.88. The molecule has 0 spiro atoms. The molecule has 7 heteroatoms. The highest BCUT2D eigenvalue weighted by Gasteiger charge is 2.11. The van der Waals surface area contributed by atoms with Gasteiger partial charge in [0.15, 0.2) is 0 Å². The Bertz CT molecular complexity index is 485. The zero-order chi connectivity index (χ0) is 12.2. The van der Waals surface area contributed by atoms with Gasteiger partial charge in [0.1, 0.15) is 0 Å². The Labute approximate surface area is 93.9 Å². The van der Waals surface area contributed by atoms with E-state index < -0.39 is 10.0 Å². The molecule has 6 nitrogen and oxygen atoms in total. The van der Waals surface area contributed by atoms with Crippen molar-refractivity contribution >= 4 is 21.6 Å². The van der Waals surface area contributed by atoms with Gasteiger partial charge in [-0.15, -0.1) is 0 Å². The zero-order valence-corrected chi connectivity index (χ0v) is 9.54. The van der Waals surface area contributed by atoms with E-state index in [1.807, 2.05) is 0 Å². The predicted molar refractivity (Wildman–Crippen MR) is 60.4 cm³/mol. The van der Waals surface area contributed by atoms with Crippen LogP contribution in [0.25, 0.3) is 0 Å². The third kappa shape index (κ3) is 3.02. The van der Waals surface area contributed by atoms with Crippen molar-refractivity contribution in [1.82, 2.24) is 4.72 Å². The van der Waals surface area contributed by atoms with Crippen LogP contribution in [0.4, 0.5) is 5.69 Å². The number of hydrogen-bond donors (Lipinski definition) is 3. The number of nitrogens with two attached hydrogens (primary N) is 1. The molecule has 0 aliphatic rings. The molecule has 0 fully saturated rings. The largest absolute Gasteiger partial charge is 0.325 e. The Morgan fingerprint density at radius 1 is 1.44 bits per heavy atom. The number of hydrogen-bond acceptors (Lipinski definition) is 4. The first-order chi connectivity index (χ1) is 7.49. The number of rotatable bonds is 4. The fourth-order valence-electron chi connectivity index (χ4n) is 1.07. The summed E-state index contributed by atoms with van der Waals surface area (Å²) < 4.78 is 25.1. The molecule has 0 saturated carbocycles. The summed E-state index contributed by atoms with van der Waals surface area (Å²) in [7, 11) is -2.18. The molecule has 1 aromatic carbocycles. The first-order valence-corrected chi connectivity index (χ1v) is 6.01. The van der Waals surface area contributed by atoms with Crippen molar-refractivity contribution in [3.8, 4) is 0 Å². The maximum atomic E-state index is 11.5. The molecule has 16 heavy (non-hydrogen) atoms. The number of benzene rings is 1. The van der Waals surface area contributed by atoms with Crippen LogP contribution in [0.5, 0.6) is 0 Å². The van der Waals surface area contributed by atoms with Crippen LogP contribution in [0.15, 0.2) is 29.2 Å². The van der Waals surface area contributed by atoms with Gasteiger partial charge in [-0.2, -0.15) is 0 Å². The van der Waals surface area contributed by atoms with E-state index in [2.05, 4.69) is 10.0 Å². The number of anilines is 1.